The molecule has 0 fully saturated rings. The van der Waals surface area contributed by atoms with Crippen LogP contribution in [-0.2, 0) is 0 Å². The smallest absolute Gasteiger partial charge is 0.137 e. The number of rotatable bonds is 7. The SMILES string of the molecule is CC(C)(C)C(O)C(CCC/C=C/c1ccc(F)cc1)n1cncn1. The predicted octanol–water partition coefficient (Wildman–Crippen LogP) is 4.25. The van der Waals surface area contributed by atoms with Crippen LogP contribution < -0.4 is 0 Å². The highest BCUT2D eigenvalue weighted by molar-refractivity contribution is 5.48. The molecule has 2 aromatic rings. The van der Waals surface area contributed by atoms with E-state index in [0.29, 0.717) is 0 Å². The quantitative estimate of drug-likeness (QED) is 0.772. The molecule has 2 atom stereocenters. The van der Waals surface area contributed by atoms with Gasteiger partial charge >= 0.3 is 0 Å². The Hall–Kier alpha value is -2.01. The molecular formula is C19H26FN3O. The van der Waals surface area contributed by atoms with E-state index in [1.807, 2.05) is 26.8 Å². The zero-order valence-corrected chi connectivity index (χ0v) is 14.6. The normalized spacial score (nSPS) is 14.9. The van der Waals surface area contributed by atoms with E-state index in [4.69, 9.17) is 0 Å². The molecule has 1 aromatic heterocycles. The Kier molecular flexibility index (Phi) is 6.26. The number of hydrogen-bond acceptors (Lipinski definition) is 3. The maximum atomic E-state index is 12.9. The van der Waals surface area contributed by atoms with Crippen LogP contribution in [-0.4, -0.2) is 26.0 Å². The Bertz CT molecular complexity index is 630. The van der Waals surface area contributed by atoms with Crippen molar-refractivity contribution >= 4 is 6.08 Å². The average Bonchev–Trinajstić information content (AvgIpc) is 3.05. The van der Waals surface area contributed by atoms with Crippen LogP contribution in [0.25, 0.3) is 6.08 Å². The summed E-state index contributed by atoms with van der Waals surface area (Å²) in [5, 5.41) is 14.8. The van der Waals surface area contributed by atoms with Crippen molar-refractivity contribution < 1.29 is 9.50 Å². The number of aliphatic hydroxyl groups excluding tert-OH is 1. The fourth-order valence-electron chi connectivity index (χ4n) is 2.64. The zero-order valence-electron chi connectivity index (χ0n) is 14.6. The van der Waals surface area contributed by atoms with Crippen LogP contribution in [0.2, 0.25) is 0 Å². The number of hydrogen-bond donors (Lipinski definition) is 1. The lowest BCUT2D eigenvalue weighted by atomic mass is 9.83. The molecule has 0 radical (unpaired) electrons. The third-order valence-electron chi connectivity index (χ3n) is 4.08. The van der Waals surface area contributed by atoms with Gasteiger partial charge in [0, 0.05) is 0 Å². The second kappa shape index (κ2) is 8.20. The molecule has 0 saturated heterocycles. The minimum absolute atomic E-state index is 0.0910. The topological polar surface area (TPSA) is 50.9 Å². The number of aromatic nitrogens is 3. The van der Waals surface area contributed by atoms with E-state index in [2.05, 4.69) is 16.2 Å². The van der Waals surface area contributed by atoms with Gasteiger partial charge < -0.3 is 5.11 Å². The molecule has 0 amide bonds. The molecule has 0 aliphatic heterocycles. The molecule has 2 unspecified atom stereocenters. The third-order valence-corrected chi connectivity index (χ3v) is 4.08. The van der Waals surface area contributed by atoms with Gasteiger partial charge in [0.15, 0.2) is 0 Å². The molecule has 0 saturated carbocycles. The number of benzene rings is 1. The van der Waals surface area contributed by atoms with Gasteiger partial charge in [-0.25, -0.2) is 14.1 Å². The van der Waals surface area contributed by atoms with E-state index in [0.717, 1.165) is 24.8 Å². The maximum Gasteiger partial charge on any atom is 0.137 e. The van der Waals surface area contributed by atoms with Crippen molar-refractivity contribution in [2.45, 2.75) is 52.2 Å². The zero-order chi connectivity index (χ0) is 17.6. The van der Waals surface area contributed by atoms with Crippen LogP contribution in [0.3, 0.4) is 0 Å². The molecular weight excluding hydrogens is 305 g/mol. The predicted molar refractivity (Wildman–Crippen MR) is 93.8 cm³/mol. The molecule has 0 aliphatic carbocycles. The molecule has 5 heteroatoms. The summed E-state index contributed by atoms with van der Waals surface area (Å²) >= 11 is 0. The lowest BCUT2D eigenvalue weighted by Crippen LogP contribution is -2.35. The summed E-state index contributed by atoms with van der Waals surface area (Å²) in [6.45, 7) is 6.07. The van der Waals surface area contributed by atoms with Crippen molar-refractivity contribution in [1.29, 1.82) is 0 Å². The van der Waals surface area contributed by atoms with E-state index < -0.39 is 6.10 Å². The lowest BCUT2D eigenvalue weighted by molar-refractivity contribution is 0.00876. The lowest BCUT2D eigenvalue weighted by Gasteiger charge is -2.33. The van der Waals surface area contributed by atoms with Crippen LogP contribution in [0.15, 0.2) is 43.0 Å². The highest BCUT2D eigenvalue weighted by Gasteiger charge is 2.31. The fraction of sp³-hybridized carbons (Fsp3) is 0.474. The van der Waals surface area contributed by atoms with E-state index in [9.17, 15) is 9.50 Å². The standard InChI is InChI=1S/C19H26FN3O/c1-19(2,3)18(24)17(23-14-21-13-22-23)8-6-4-5-7-15-9-11-16(20)12-10-15/h5,7,9-14,17-18,24H,4,6,8H2,1-3H3/b7-5+. The van der Waals surface area contributed by atoms with Gasteiger partial charge in [0.2, 0.25) is 0 Å². The molecule has 1 heterocycles. The number of aliphatic hydroxyl groups is 1. The number of nitrogens with zero attached hydrogens (tertiary/aromatic N) is 3. The van der Waals surface area contributed by atoms with Crippen molar-refractivity contribution in [3.8, 4) is 0 Å². The van der Waals surface area contributed by atoms with Gasteiger partial charge in [-0.15, -0.1) is 0 Å². The van der Waals surface area contributed by atoms with Crippen LogP contribution >= 0.6 is 0 Å². The second-order valence-electron chi connectivity index (χ2n) is 7.14. The van der Waals surface area contributed by atoms with Crippen LogP contribution in [0.5, 0.6) is 0 Å². The van der Waals surface area contributed by atoms with Crippen LogP contribution in [0, 0.1) is 11.2 Å². The highest BCUT2D eigenvalue weighted by Crippen LogP contribution is 2.31. The largest absolute Gasteiger partial charge is 0.390 e. The molecule has 24 heavy (non-hydrogen) atoms. The Morgan fingerprint density at radius 3 is 2.54 bits per heavy atom. The Labute approximate surface area is 143 Å². The van der Waals surface area contributed by atoms with E-state index in [1.54, 1.807) is 23.1 Å². The minimum atomic E-state index is -0.500. The molecule has 1 aromatic carbocycles. The third kappa shape index (κ3) is 5.27. The van der Waals surface area contributed by atoms with Crippen molar-refractivity contribution in [3.63, 3.8) is 0 Å². The summed E-state index contributed by atoms with van der Waals surface area (Å²) in [6, 6.07) is 6.34. The van der Waals surface area contributed by atoms with Gasteiger partial charge in [-0.2, -0.15) is 5.10 Å². The summed E-state index contributed by atoms with van der Waals surface area (Å²) < 4.78 is 14.6. The minimum Gasteiger partial charge on any atom is -0.390 e. The molecule has 1 N–H and O–H groups in total. The summed E-state index contributed by atoms with van der Waals surface area (Å²) in [7, 11) is 0. The second-order valence-corrected chi connectivity index (χ2v) is 7.14. The molecule has 4 nitrogen and oxygen atoms in total. The molecule has 0 spiro atoms. The van der Waals surface area contributed by atoms with E-state index in [1.165, 1.54) is 18.5 Å². The Balaban J connectivity index is 1.90. The number of allylic oxidation sites excluding steroid dienone is 1. The average molecular weight is 331 g/mol. The van der Waals surface area contributed by atoms with Gasteiger partial charge in [-0.05, 0) is 42.4 Å². The van der Waals surface area contributed by atoms with Crippen molar-refractivity contribution in [2.75, 3.05) is 0 Å². The van der Waals surface area contributed by atoms with Crippen molar-refractivity contribution in [2.24, 2.45) is 5.41 Å². The van der Waals surface area contributed by atoms with Gasteiger partial charge in [-0.3, -0.25) is 0 Å². The first-order valence-corrected chi connectivity index (χ1v) is 8.32. The number of halogens is 1. The van der Waals surface area contributed by atoms with Crippen molar-refractivity contribution in [1.82, 2.24) is 14.8 Å². The van der Waals surface area contributed by atoms with E-state index in [-0.39, 0.29) is 17.3 Å². The molecule has 0 aliphatic rings. The summed E-state index contributed by atoms with van der Waals surface area (Å²) in [4.78, 5) is 3.99. The summed E-state index contributed by atoms with van der Waals surface area (Å²) in [5.74, 6) is -0.223. The van der Waals surface area contributed by atoms with Crippen LogP contribution in [0.4, 0.5) is 4.39 Å². The van der Waals surface area contributed by atoms with Gasteiger partial charge in [0.05, 0.1) is 12.1 Å². The van der Waals surface area contributed by atoms with Crippen LogP contribution in [0.1, 0.15) is 51.6 Å². The first-order valence-electron chi connectivity index (χ1n) is 8.32. The summed E-state index contributed by atoms with van der Waals surface area (Å²) in [6.07, 6.45) is 9.36. The molecule has 0 bridgehead atoms. The monoisotopic (exact) mass is 331 g/mol. The van der Waals surface area contributed by atoms with Gasteiger partial charge in [-0.1, -0.05) is 45.1 Å². The molecule has 2 rings (SSSR count). The highest BCUT2D eigenvalue weighted by atomic mass is 19.1. The fourth-order valence-corrected chi connectivity index (χ4v) is 2.64. The Morgan fingerprint density at radius 2 is 1.96 bits per heavy atom. The Morgan fingerprint density at radius 1 is 1.25 bits per heavy atom. The molecule has 130 valence electrons. The first-order chi connectivity index (χ1) is 11.4. The number of unbranched alkanes of at least 4 members (excludes halogenated alkanes) is 1. The summed E-state index contributed by atoms with van der Waals surface area (Å²) in [5.41, 5.74) is 0.763. The van der Waals surface area contributed by atoms with Gasteiger partial charge in [0.1, 0.15) is 18.5 Å². The first kappa shape index (κ1) is 18.3. The van der Waals surface area contributed by atoms with Gasteiger partial charge in [0.25, 0.3) is 0 Å². The van der Waals surface area contributed by atoms with Crippen molar-refractivity contribution in [3.05, 3.63) is 54.4 Å². The van der Waals surface area contributed by atoms with E-state index >= 15 is 0 Å². The maximum absolute atomic E-state index is 12.9.